The van der Waals surface area contributed by atoms with Crippen LogP contribution in [0.5, 0.6) is 0 Å². The first-order valence-electron chi connectivity index (χ1n) is 28.2. The zero-order valence-electron chi connectivity index (χ0n) is 44.5. The van der Waals surface area contributed by atoms with Crippen molar-refractivity contribution < 1.29 is 8.83 Å². The summed E-state index contributed by atoms with van der Waals surface area (Å²) in [6.45, 7) is 0. The molecule has 0 unspecified atom stereocenters. The van der Waals surface area contributed by atoms with Crippen molar-refractivity contribution in [2.75, 3.05) is 0 Å². The zero-order chi connectivity index (χ0) is 53.8. The lowest BCUT2D eigenvalue weighted by molar-refractivity contribution is 0.669. The maximum absolute atomic E-state index is 6.91. The molecule has 0 bridgehead atoms. The van der Waals surface area contributed by atoms with Crippen molar-refractivity contribution in [1.29, 1.82) is 0 Å². The molecule has 15 aromatic carbocycles. The lowest BCUT2D eigenvalue weighted by Gasteiger charge is -2.18. The van der Waals surface area contributed by atoms with Gasteiger partial charge < -0.3 is 8.83 Å². The SMILES string of the molecule is c1ccc(-c2ccc(-c3c4ccccc4c(-c4ccc(-c5ccc(-c6ccc7cc(-c8c9ccccc9c(-c9cccc%10oc%11ccccc%11c9%10)c9ccccc89)ccc7c6)c6oc7ccccc7c56)cc4)c4ccccc34)cc2)cc1. The van der Waals surface area contributed by atoms with Crippen molar-refractivity contribution in [3.63, 3.8) is 0 Å². The number of benzene rings is 15. The van der Waals surface area contributed by atoms with Crippen molar-refractivity contribution >= 4 is 97.7 Å². The van der Waals surface area contributed by atoms with Gasteiger partial charge in [0.1, 0.15) is 22.3 Å². The molecule has 0 aliphatic carbocycles. The summed E-state index contributed by atoms with van der Waals surface area (Å²) in [5, 5.41) is 16.7. The highest BCUT2D eigenvalue weighted by molar-refractivity contribution is 6.26. The number of para-hydroxylation sites is 2. The second-order valence-electron chi connectivity index (χ2n) is 21.7. The van der Waals surface area contributed by atoms with Gasteiger partial charge in [-0.05, 0) is 163 Å². The van der Waals surface area contributed by atoms with Crippen molar-refractivity contribution in [2.24, 2.45) is 0 Å². The van der Waals surface area contributed by atoms with Crippen LogP contribution < -0.4 is 0 Å². The molecule has 2 nitrogen and oxygen atoms in total. The first-order valence-corrected chi connectivity index (χ1v) is 28.2. The summed E-state index contributed by atoms with van der Waals surface area (Å²) < 4.78 is 13.3. The Hall–Kier alpha value is -10.8. The lowest BCUT2D eigenvalue weighted by Crippen LogP contribution is -1.91. The van der Waals surface area contributed by atoms with Gasteiger partial charge in [0.25, 0.3) is 0 Å². The van der Waals surface area contributed by atoms with E-state index in [2.05, 4.69) is 285 Å². The summed E-state index contributed by atoms with van der Waals surface area (Å²) >= 11 is 0. The van der Waals surface area contributed by atoms with Crippen LogP contribution in [-0.4, -0.2) is 0 Å². The van der Waals surface area contributed by atoms with Crippen LogP contribution in [0.15, 0.2) is 300 Å². The van der Waals surface area contributed by atoms with E-state index >= 15 is 0 Å². The predicted molar refractivity (Wildman–Crippen MR) is 347 cm³/mol. The molecule has 0 fully saturated rings. The van der Waals surface area contributed by atoms with E-state index in [9.17, 15) is 0 Å². The number of fused-ring (bicyclic) bond motifs is 11. The fourth-order valence-electron chi connectivity index (χ4n) is 13.6. The Morgan fingerprint density at radius 2 is 0.561 bits per heavy atom. The molecule has 2 heterocycles. The normalized spacial score (nSPS) is 11.9. The highest BCUT2D eigenvalue weighted by Gasteiger charge is 2.23. The molecule has 0 saturated carbocycles. The van der Waals surface area contributed by atoms with Gasteiger partial charge in [-0.2, -0.15) is 0 Å². The highest BCUT2D eigenvalue weighted by atomic mass is 16.3. The third kappa shape index (κ3) is 7.15. The standard InChI is InChI=1S/C80H48O2/c1-2-17-49(18-3-1)50-33-37-52(38-34-50)74-60-19-4-6-21-62(60)75(63-22-7-5-20-61(63)74)53-39-35-51(36-40-53)58-45-46-59(80-79(58)69-28-13-15-31-72(69)82-80)56-43-41-55-48-57(44-42-54(55)47-56)76-64-23-8-10-25-66(64)77(67-26-11-9-24-65(67)76)70-29-16-32-73-78(70)68-27-12-14-30-71(68)81-73/h1-48H. The van der Waals surface area contributed by atoms with Crippen LogP contribution in [0.1, 0.15) is 0 Å². The Labute approximate surface area is 473 Å². The average Bonchev–Trinajstić information content (AvgIpc) is 3.03. The minimum Gasteiger partial charge on any atom is -0.456 e. The molecule has 380 valence electrons. The molecular weight excluding hydrogens is 993 g/mol. The monoisotopic (exact) mass is 1040 g/mol. The van der Waals surface area contributed by atoms with Crippen LogP contribution in [-0.2, 0) is 0 Å². The topological polar surface area (TPSA) is 26.3 Å². The smallest absolute Gasteiger partial charge is 0.143 e. The second kappa shape index (κ2) is 18.4. The van der Waals surface area contributed by atoms with E-state index in [1.807, 2.05) is 6.07 Å². The van der Waals surface area contributed by atoms with Crippen LogP contribution >= 0.6 is 0 Å². The Bertz CT molecular complexity index is 5310. The van der Waals surface area contributed by atoms with Crippen LogP contribution in [0.25, 0.3) is 176 Å². The molecule has 82 heavy (non-hydrogen) atoms. The van der Waals surface area contributed by atoms with Crippen molar-refractivity contribution in [2.45, 2.75) is 0 Å². The Kier molecular flexibility index (Phi) is 10.3. The Morgan fingerprint density at radius 1 is 0.183 bits per heavy atom. The van der Waals surface area contributed by atoms with E-state index in [0.717, 1.165) is 66.1 Å². The van der Waals surface area contributed by atoms with Gasteiger partial charge in [0.05, 0.1) is 0 Å². The van der Waals surface area contributed by atoms with E-state index in [1.165, 1.54) is 109 Å². The van der Waals surface area contributed by atoms with Gasteiger partial charge in [-0.3, -0.25) is 0 Å². The van der Waals surface area contributed by atoms with E-state index in [4.69, 9.17) is 8.83 Å². The molecule has 0 amide bonds. The summed E-state index contributed by atoms with van der Waals surface area (Å²) in [6.07, 6.45) is 0. The van der Waals surface area contributed by atoms with Gasteiger partial charge in [-0.1, -0.05) is 255 Å². The summed E-state index contributed by atoms with van der Waals surface area (Å²) in [5.41, 5.74) is 20.2. The molecule has 0 spiro atoms. The maximum Gasteiger partial charge on any atom is 0.143 e. The number of furan rings is 2. The molecular formula is C80H48O2. The number of hydrogen-bond acceptors (Lipinski definition) is 2. The summed E-state index contributed by atoms with van der Waals surface area (Å²) in [5.74, 6) is 0. The van der Waals surface area contributed by atoms with E-state index < -0.39 is 0 Å². The lowest BCUT2D eigenvalue weighted by atomic mass is 9.84. The van der Waals surface area contributed by atoms with Gasteiger partial charge in [0.2, 0.25) is 0 Å². The highest BCUT2D eigenvalue weighted by Crippen LogP contribution is 2.49. The van der Waals surface area contributed by atoms with Crippen LogP contribution in [0.4, 0.5) is 0 Å². The van der Waals surface area contributed by atoms with E-state index in [-0.39, 0.29) is 0 Å². The molecule has 2 aromatic heterocycles. The third-order valence-electron chi connectivity index (χ3n) is 17.3. The first-order chi connectivity index (χ1) is 40.7. The van der Waals surface area contributed by atoms with Crippen molar-refractivity contribution in [3.8, 4) is 77.9 Å². The van der Waals surface area contributed by atoms with Crippen LogP contribution in [0.3, 0.4) is 0 Å². The van der Waals surface area contributed by atoms with Gasteiger partial charge >= 0.3 is 0 Å². The second-order valence-corrected chi connectivity index (χ2v) is 21.7. The van der Waals surface area contributed by atoms with Crippen LogP contribution in [0, 0.1) is 0 Å². The van der Waals surface area contributed by atoms with Crippen LogP contribution in [0.2, 0.25) is 0 Å². The quantitative estimate of drug-likeness (QED) is 0.149. The minimum absolute atomic E-state index is 0.876. The van der Waals surface area contributed by atoms with Gasteiger partial charge in [-0.15, -0.1) is 0 Å². The van der Waals surface area contributed by atoms with E-state index in [1.54, 1.807) is 0 Å². The molecule has 2 heteroatoms. The summed E-state index contributed by atoms with van der Waals surface area (Å²) in [4.78, 5) is 0. The fraction of sp³-hybridized carbons (Fsp3) is 0. The largest absolute Gasteiger partial charge is 0.456 e. The first kappa shape index (κ1) is 46.1. The maximum atomic E-state index is 6.91. The molecule has 17 aromatic rings. The fourth-order valence-corrected chi connectivity index (χ4v) is 13.6. The molecule has 0 N–H and O–H groups in total. The molecule has 0 aliphatic rings. The van der Waals surface area contributed by atoms with Crippen molar-refractivity contribution in [1.82, 2.24) is 0 Å². The molecule has 17 rings (SSSR count). The predicted octanol–water partition coefficient (Wildman–Crippen LogP) is 22.9. The number of rotatable bonds is 7. The Morgan fingerprint density at radius 3 is 1.12 bits per heavy atom. The third-order valence-corrected chi connectivity index (χ3v) is 17.3. The minimum atomic E-state index is 0.876. The van der Waals surface area contributed by atoms with Gasteiger partial charge in [0.15, 0.2) is 0 Å². The van der Waals surface area contributed by atoms with Crippen molar-refractivity contribution in [3.05, 3.63) is 291 Å². The molecule has 0 aliphatic heterocycles. The van der Waals surface area contributed by atoms with Gasteiger partial charge in [-0.25, -0.2) is 0 Å². The van der Waals surface area contributed by atoms with Gasteiger partial charge in [0, 0.05) is 27.1 Å². The average molecular weight is 1040 g/mol. The Balaban J connectivity index is 0.754. The summed E-state index contributed by atoms with van der Waals surface area (Å²) in [7, 11) is 0. The molecule has 0 saturated heterocycles. The van der Waals surface area contributed by atoms with E-state index in [0.29, 0.717) is 0 Å². The number of hydrogen-bond donors (Lipinski definition) is 0. The zero-order valence-corrected chi connectivity index (χ0v) is 44.5. The molecule has 0 atom stereocenters. The summed E-state index contributed by atoms with van der Waals surface area (Å²) in [6, 6.07) is 106. The molecule has 0 radical (unpaired) electrons.